The van der Waals surface area contributed by atoms with E-state index in [0.717, 1.165) is 12.1 Å². The van der Waals surface area contributed by atoms with Crippen LogP contribution in [0.4, 0.5) is 5.69 Å². The van der Waals surface area contributed by atoms with Crippen molar-refractivity contribution in [3.63, 3.8) is 0 Å². The second kappa shape index (κ2) is 29.4. The fourth-order valence-electron chi connectivity index (χ4n) is 9.54. The molecule has 0 aliphatic carbocycles. The van der Waals surface area contributed by atoms with Crippen LogP contribution in [0.3, 0.4) is 0 Å². The first-order valence-electron chi connectivity index (χ1n) is 25.0. The number of rotatable bonds is 23. The van der Waals surface area contributed by atoms with Gasteiger partial charge in [0, 0.05) is 84.0 Å². The molecule has 3 aliphatic rings. The monoisotopic (exact) mass is 1340 g/mol. The molecular formula is C51H41K3N4O24S4. The number of hydrogen-bond acceptors (Lipinski definition) is 26. The number of imide groups is 2. The molecule has 86 heavy (non-hydrogen) atoms. The Hall–Kier alpha value is -3.14. The zero-order valence-electron chi connectivity index (χ0n) is 45.6. The molecule has 0 N–H and O–H groups in total. The second-order valence-electron chi connectivity index (χ2n) is 18.8. The van der Waals surface area contributed by atoms with Crippen LogP contribution in [0.5, 0.6) is 5.75 Å². The predicted octanol–water partition coefficient (Wildman–Crippen LogP) is -3.88. The SMILES string of the molecule is O=C(CCCCCN1/C(=C/C=C/C=C/c2oc3cc4c(cc3[n+]2CCCCCC(=O)ON2C(=O)CCC2=O)oc2c(S(=O)(=O)[O-])cc(S(=O)(=O)[O-])cc24)Oc2cc3c(cc21)oc1c(S(=O)(=O)[O-])cc(SOO[O-])cc13)ON1C(=O)CCC1=O.[K+].[K+].[K+]. The number of hydroxylamine groups is 4. The number of aryl methyl sites for hydroxylation is 1. The van der Waals surface area contributed by atoms with Crippen molar-refractivity contribution in [3.8, 4) is 5.75 Å². The molecule has 4 amide bonds. The molecule has 10 rings (SSSR count). The molecule has 0 bridgehead atoms. The summed E-state index contributed by atoms with van der Waals surface area (Å²) in [7, 11) is -15.8. The van der Waals surface area contributed by atoms with Crippen molar-refractivity contribution in [2.24, 2.45) is 0 Å². The first kappa shape index (κ1) is 70.3. The van der Waals surface area contributed by atoms with E-state index in [1.807, 2.05) is 0 Å². The van der Waals surface area contributed by atoms with E-state index in [4.69, 9.17) is 27.7 Å². The van der Waals surface area contributed by atoms with E-state index in [1.54, 1.807) is 52.0 Å². The van der Waals surface area contributed by atoms with Gasteiger partial charge in [-0.3, -0.25) is 24.2 Å². The number of nitrogens with zero attached hydrogens (tertiary/aromatic N) is 4. The van der Waals surface area contributed by atoms with Crippen LogP contribution in [0.2, 0.25) is 0 Å². The third-order valence-corrected chi connectivity index (χ3v) is 16.4. The molecule has 28 nitrogen and oxygen atoms in total. The summed E-state index contributed by atoms with van der Waals surface area (Å²) < 4.78 is 141. The number of aromatic nitrogens is 1. The zero-order chi connectivity index (χ0) is 59.1. The average molecular weight is 1340 g/mol. The van der Waals surface area contributed by atoms with Gasteiger partial charge in [0.25, 0.3) is 29.1 Å². The molecule has 4 aromatic carbocycles. The van der Waals surface area contributed by atoms with E-state index >= 15 is 0 Å². The van der Waals surface area contributed by atoms with Crippen molar-refractivity contribution in [3.05, 3.63) is 84.6 Å². The van der Waals surface area contributed by atoms with Crippen molar-refractivity contribution < 1.29 is 269 Å². The molecule has 3 aliphatic heterocycles. The molecule has 0 spiro atoms. The van der Waals surface area contributed by atoms with Crippen LogP contribution in [0, 0.1) is 0 Å². The molecule has 2 saturated heterocycles. The van der Waals surface area contributed by atoms with Gasteiger partial charge in [-0.2, -0.15) is 8.90 Å². The van der Waals surface area contributed by atoms with Gasteiger partial charge in [-0.05, 0) is 68.2 Å². The molecule has 2 fully saturated rings. The summed E-state index contributed by atoms with van der Waals surface area (Å²) in [5.74, 6) is -3.23. The predicted molar refractivity (Wildman–Crippen MR) is 275 cm³/mol. The largest absolute Gasteiger partial charge is 1.00 e. The minimum absolute atomic E-state index is 0. The van der Waals surface area contributed by atoms with Gasteiger partial charge in [0.2, 0.25) is 11.5 Å². The zero-order valence-corrected chi connectivity index (χ0v) is 58.3. The van der Waals surface area contributed by atoms with Gasteiger partial charge < -0.3 is 51.5 Å². The number of hydrogen-bond donors (Lipinski definition) is 0. The number of benzene rings is 4. The molecule has 6 heterocycles. The molecular weight excluding hydrogens is 1300 g/mol. The van der Waals surface area contributed by atoms with Crippen LogP contribution in [0.25, 0.3) is 61.1 Å². The Morgan fingerprint density at radius 3 is 1.74 bits per heavy atom. The summed E-state index contributed by atoms with van der Waals surface area (Å²) in [6, 6.07) is 9.72. The maximum Gasteiger partial charge on any atom is 1.00 e. The van der Waals surface area contributed by atoms with Crippen molar-refractivity contribution in [1.29, 1.82) is 0 Å². The Kier molecular flexibility index (Phi) is 24.1. The van der Waals surface area contributed by atoms with E-state index < -0.39 is 86.2 Å². The van der Waals surface area contributed by atoms with Crippen LogP contribution in [-0.2, 0) is 84.7 Å². The summed E-state index contributed by atoms with van der Waals surface area (Å²) in [5, 5.41) is 15.3. The topological polar surface area (TPSA) is 396 Å². The van der Waals surface area contributed by atoms with Gasteiger partial charge >= 0.3 is 172 Å². The second-order valence-corrected chi connectivity index (χ2v) is 23.7. The standard InChI is InChI=1S/C51H44N4O24S4.3K/c56-42-14-15-43(57)54(42)76-48(60)12-6-2-8-18-52-34-26-36-30(32-20-28(80-79-78-62)21-40(50(32)74-36)82(66,67)68)24-38(34)72-46(52)10-4-1-5-11-47-53(19-9-3-7-13-49(61)77-55-44(58)16-17-45(55)59)35-27-37-31(25-39(35)73-47)33-22-29(81(63,64)65)23-41(51(33)75-37)83(69,70)71;;;/h1,4-5,10-11,20-27H,2-3,6-9,12-19H2,(H3-,62,63,64,65,66,67,68,69,70,71);;;/q;3*+1/p-3. The number of allylic oxidation sites excluding steroid dienone is 4. The Bertz CT molecular complexity index is 4320. The number of carbonyl (C=O) groups is 6. The van der Waals surface area contributed by atoms with Gasteiger partial charge in [0.15, 0.2) is 23.5 Å². The summed E-state index contributed by atoms with van der Waals surface area (Å²) in [4.78, 5) is 81.7. The molecule has 3 aromatic heterocycles. The maximum atomic E-state index is 12.5. The third-order valence-electron chi connectivity index (χ3n) is 13.3. The number of amides is 4. The van der Waals surface area contributed by atoms with Gasteiger partial charge in [0.05, 0.1) is 44.6 Å². The van der Waals surface area contributed by atoms with Crippen LogP contribution < -0.4 is 174 Å². The fraction of sp³-hybridized carbons (Fsp3) is 0.275. The summed E-state index contributed by atoms with van der Waals surface area (Å²) >= 11 is 0.356. The van der Waals surface area contributed by atoms with Crippen LogP contribution in [-0.4, -0.2) is 91.2 Å². The quantitative estimate of drug-likeness (QED) is 0.00680. The maximum absolute atomic E-state index is 12.5. The van der Waals surface area contributed by atoms with E-state index in [2.05, 4.69) is 9.37 Å². The van der Waals surface area contributed by atoms with Gasteiger partial charge in [-0.25, -0.2) is 34.8 Å². The first-order valence-corrected chi connectivity index (χ1v) is 30.0. The Balaban J connectivity index is 0.00000353. The van der Waals surface area contributed by atoms with Crippen molar-refractivity contribution in [1.82, 2.24) is 10.1 Å². The number of anilines is 1. The minimum Gasteiger partial charge on any atom is -0.744 e. The number of unbranched alkanes of at least 4 members (excludes halogenated alkanes) is 4. The number of fused-ring (bicyclic) bond motifs is 8. The van der Waals surface area contributed by atoms with E-state index in [-0.39, 0.29) is 273 Å². The summed E-state index contributed by atoms with van der Waals surface area (Å²) in [5.41, 5.74) is 0.372. The minimum atomic E-state index is -5.37. The van der Waals surface area contributed by atoms with Crippen LogP contribution in [0.15, 0.2) is 112 Å². The first-order chi connectivity index (χ1) is 39.5. The Labute approximate surface area is 618 Å². The molecule has 0 radical (unpaired) electrons. The van der Waals surface area contributed by atoms with Crippen LogP contribution in [0.1, 0.15) is 82.9 Å². The number of furan rings is 2. The fourth-order valence-corrected chi connectivity index (χ4v) is 12.0. The number of oxazole rings is 1. The third kappa shape index (κ3) is 15.8. The van der Waals surface area contributed by atoms with Crippen molar-refractivity contribution in [2.75, 3.05) is 11.4 Å². The van der Waals surface area contributed by atoms with E-state index in [1.165, 1.54) is 18.2 Å². The Morgan fingerprint density at radius 2 is 1.16 bits per heavy atom. The molecule has 0 unspecified atom stereocenters. The van der Waals surface area contributed by atoms with Crippen LogP contribution >= 0.6 is 12.0 Å². The molecule has 436 valence electrons. The molecule has 0 atom stereocenters. The molecule has 35 heteroatoms. The molecule has 7 aromatic rings. The summed E-state index contributed by atoms with van der Waals surface area (Å²) in [6.45, 7) is 0.482. The van der Waals surface area contributed by atoms with E-state index in [9.17, 15) is 72.9 Å². The summed E-state index contributed by atoms with van der Waals surface area (Å²) in [6.07, 6.45) is 9.84. The Morgan fingerprint density at radius 1 is 0.605 bits per heavy atom. The molecule has 0 saturated carbocycles. The number of carbonyl (C=O) groups excluding carboxylic acids is 6. The normalized spacial score (nSPS) is 15.3. The number of ether oxygens (including phenoxy) is 1. The van der Waals surface area contributed by atoms with Crippen molar-refractivity contribution in [2.45, 2.75) is 103 Å². The van der Waals surface area contributed by atoms with Gasteiger partial charge in [0.1, 0.15) is 41.5 Å². The van der Waals surface area contributed by atoms with Gasteiger partial charge in [-0.15, -0.1) is 10.1 Å². The van der Waals surface area contributed by atoms with Crippen molar-refractivity contribution >= 4 is 145 Å². The average Bonchev–Trinajstić information content (AvgIpc) is 1.67. The van der Waals surface area contributed by atoms with E-state index in [0.29, 0.717) is 76.9 Å². The van der Waals surface area contributed by atoms with Gasteiger partial charge in [-0.1, -0.05) is 24.6 Å². The smallest absolute Gasteiger partial charge is 0.744 e.